The molecule has 4 heteroatoms. The van der Waals surface area contributed by atoms with Gasteiger partial charge in [-0.15, -0.1) is 0 Å². The van der Waals surface area contributed by atoms with E-state index >= 15 is 0 Å². The van der Waals surface area contributed by atoms with Gasteiger partial charge in [-0.3, -0.25) is 0 Å². The fraction of sp³-hybridized carbons (Fsp3) is 0.400. The minimum Gasteiger partial charge on any atom is -0.495 e. The molecule has 1 heterocycles. The maximum Gasteiger partial charge on any atom is 0.141 e. The van der Waals surface area contributed by atoms with Crippen LogP contribution in [0.3, 0.4) is 0 Å². The highest BCUT2D eigenvalue weighted by Crippen LogP contribution is 2.39. The van der Waals surface area contributed by atoms with Gasteiger partial charge in [0, 0.05) is 5.56 Å². The van der Waals surface area contributed by atoms with Gasteiger partial charge in [-0.1, -0.05) is 0 Å². The second-order valence-electron chi connectivity index (χ2n) is 3.06. The lowest BCUT2D eigenvalue weighted by atomic mass is 10.1. The van der Waals surface area contributed by atoms with Crippen LogP contribution in [-0.2, 0) is 18.0 Å². The first-order valence-electron chi connectivity index (χ1n) is 4.28. The van der Waals surface area contributed by atoms with Crippen molar-refractivity contribution in [1.29, 1.82) is 0 Å². The molecule has 0 spiro atoms. The molecule has 0 fully saturated rings. The summed E-state index contributed by atoms with van der Waals surface area (Å²) in [6.07, 6.45) is 0. The van der Waals surface area contributed by atoms with Crippen LogP contribution < -0.4 is 9.47 Å². The van der Waals surface area contributed by atoms with Gasteiger partial charge in [0.05, 0.1) is 31.0 Å². The first-order valence-corrected chi connectivity index (χ1v) is 5.35. The number of ether oxygens (including phenoxy) is 3. The Kier molecular flexibility index (Phi) is 2.83. The van der Waals surface area contributed by atoms with E-state index in [1.54, 1.807) is 14.2 Å². The number of methoxy groups -OCH3 is 2. The van der Waals surface area contributed by atoms with E-state index in [9.17, 15) is 0 Å². The summed E-state index contributed by atoms with van der Waals surface area (Å²) in [5.41, 5.74) is 2.32. The Balaban J connectivity index is 2.60. The number of halogens is 1. The average molecular weight is 306 g/mol. The molecule has 1 aromatic carbocycles. The van der Waals surface area contributed by atoms with E-state index in [2.05, 4.69) is 22.6 Å². The maximum absolute atomic E-state index is 5.37. The van der Waals surface area contributed by atoms with Crippen LogP contribution in [0.15, 0.2) is 6.07 Å². The predicted octanol–water partition coefficient (Wildman–Crippen LogP) is 2.34. The first kappa shape index (κ1) is 10.0. The fourth-order valence-corrected chi connectivity index (χ4v) is 2.53. The van der Waals surface area contributed by atoms with Crippen LogP contribution in [-0.4, -0.2) is 14.2 Å². The van der Waals surface area contributed by atoms with Gasteiger partial charge in [-0.25, -0.2) is 0 Å². The Morgan fingerprint density at radius 1 is 1.29 bits per heavy atom. The SMILES string of the molecule is COc1cc2c(c(OC)c1I)COC2. The van der Waals surface area contributed by atoms with E-state index < -0.39 is 0 Å². The number of fused-ring (bicyclic) bond motifs is 1. The van der Waals surface area contributed by atoms with Crippen LogP contribution in [0.5, 0.6) is 11.5 Å². The molecular weight excluding hydrogens is 295 g/mol. The predicted molar refractivity (Wildman–Crippen MR) is 60.8 cm³/mol. The van der Waals surface area contributed by atoms with Gasteiger partial charge in [0.25, 0.3) is 0 Å². The van der Waals surface area contributed by atoms with E-state index in [-0.39, 0.29) is 0 Å². The molecule has 0 saturated heterocycles. The van der Waals surface area contributed by atoms with Crippen LogP contribution in [0.1, 0.15) is 11.1 Å². The minimum absolute atomic E-state index is 0.637. The molecule has 14 heavy (non-hydrogen) atoms. The molecule has 3 nitrogen and oxygen atoms in total. The van der Waals surface area contributed by atoms with Crippen molar-refractivity contribution in [2.24, 2.45) is 0 Å². The summed E-state index contributed by atoms with van der Waals surface area (Å²) < 4.78 is 17.0. The third-order valence-electron chi connectivity index (χ3n) is 2.31. The number of rotatable bonds is 2. The van der Waals surface area contributed by atoms with Crippen LogP contribution in [0.2, 0.25) is 0 Å². The molecule has 1 aliphatic rings. The summed E-state index contributed by atoms with van der Waals surface area (Å²) in [6, 6.07) is 2.02. The van der Waals surface area contributed by atoms with E-state index in [1.165, 1.54) is 5.56 Å². The van der Waals surface area contributed by atoms with Crippen LogP contribution in [0, 0.1) is 3.57 Å². The van der Waals surface area contributed by atoms with E-state index in [4.69, 9.17) is 14.2 Å². The number of hydrogen-bond acceptors (Lipinski definition) is 3. The molecule has 0 atom stereocenters. The molecule has 2 rings (SSSR count). The van der Waals surface area contributed by atoms with Crippen molar-refractivity contribution in [3.05, 3.63) is 20.8 Å². The van der Waals surface area contributed by atoms with Gasteiger partial charge in [0.1, 0.15) is 11.5 Å². The number of hydrogen-bond donors (Lipinski definition) is 0. The van der Waals surface area contributed by atoms with Crippen molar-refractivity contribution in [2.45, 2.75) is 13.2 Å². The monoisotopic (exact) mass is 306 g/mol. The summed E-state index contributed by atoms with van der Waals surface area (Å²) >= 11 is 2.23. The zero-order valence-corrected chi connectivity index (χ0v) is 10.3. The van der Waals surface area contributed by atoms with Crippen molar-refractivity contribution in [3.8, 4) is 11.5 Å². The van der Waals surface area contributed by atoms with E-state index in [0.717, 1.165) is 20.6 Å². The van der Waals surface area contributed by atoms with Gasteiger partial charge in [-0.2, -0.15) is 0 Å². The van der Waals surface area contributed by atoms with Crippen molar-refractivity contribution in [2.75, 3.05) is 14.2 Å². The molecule has 0 unspecified atom stereocenters. The van der Waals surface area contributed by atoms with E-state index in [0.29, 0.717) is 13.2 Å². The second-order valence-corrected chi connectivity index (χ2v) is 4.14. The highest BCUT2D eigenvalue weighted by molar-refractivity contribution is 14.1. The van der Waals surface area contributed by atoms with Gasteiger partial charge < -0.3 is 14.2 Å². The normalized spacial score (nSPS) is 13.9. The van der Waals surface area contributed by atoms with Gasteiger partial charge in [0.2, 0.25) is 0 Å². The highest BCUT2D eigenvalue weighted by Gasteiger charge is 2.21. The average Bonchev–Trinajstić information content (AvgIpc) is 2.64. The zero-order valence-electron chi connectivity index (χ0n) is 8.09. The lowest BCUT2D eigenvalue weighted by Crippen LogP contribution is -1.97. The van der Waals surface area contributed by atoms with E-state index in [1.807, 2.05) is 6.07 Å². The summed E-state index contributed by atoms with van der Waals surface area (Å²) in [7, 11) is 3.34. The summed E-state index contributed by atoms with van der Waals surface area (Å²) in [4.78, 5) is 0. The zero-order chi connectivity index (χ0) is 10.1. The van der Waals surface area contributed by atoms with Gasteiger partial charge >= 0.3 is 0 Å². The Morgan fingerprint density at radius 3 is 2.71 bits per heavy atom. The van der Waals surface area contributed by atoms with Crippen molar-refractivity contribution in [3.63, 3.8) is 0 Å². The third kappa shape index (κ3) is 1.46. The quantitative estimate of drug-likeness (QED) is 0.785. The Bertz CT molecular complexity index is 362. The topological polar surface area (TPSA) is 27.7 Å². The Labute approximate surface area is 96.5 Å². The molecule has 1 aromatic rings. The molecule has 0 N–H and O–H groups in total. The molecule has 0 saturated carbocycles. The van der Waals surface area contributed by atoms with Crippen LogP contribution in [0.25, 0.3) is 0 Å². The van der Waals surface area contributed by atoms with Crippen molar-refractivity contribution in [1.82, 2.24) is 0 Å². The van der Waals surface area contributed by atoms with Crippen LogP contribution in [0.4, 0.5) is 0 Å². The maximum atomic E-state index is 5.37. The molecule has 0 aromatic heterocycles. The molecule has 1 aliphatic heterocycles. The Morgan fingerprint density at radius 2 is 2.07 bits per heavy atom. The van der Waals surface area contributed by atoms with Gasteiger partial charge in [0.15, 0.2) is 0 Å². The number of benzene rings is 1. The minimum atomic E-state index is 0.637. The third-order valence-corrected chi connectivity index (χ3v) is 3.33. The molecular formula is C10H11IO3. The first-order chi connectivity index (χ1) is 6.77. The fourth-order valence-electron chi connectivity index (χ4n) is 1.61. The second kappa shape index (κ2) is 3.94. The van der Waals surface area contributed by atoms with Crippen LogP contribution >= 0.6 is 22.6 Å². The van der Waals surface area contributed by atoms with Gasteiger partial charge in [-0.05, 0) is 34.2 Å². The largest absolute Gasteiger partial charge is 0.495 e. The van der Waals surface area contributed by atoms with Crippen molar-refractivity contribution < 1.29 is 14.2 Å². The summed E-state index contributed by atoms with van der Waals surface area (Å²) in [5, 5.41) is 0. The lowest BCUT2D eigenvalue weighted by molar-refractivity contribution is 0.133. The standard InChI is InChI=1S/C10H11IO3/c1-12-8-3-6-4-14-5-7(6)10(13-2)9(8)11/h3H,4-5H2,1-2H3. The summed E-state index contributed by atoms with van der Waals surface area (Å²) in [5.74, 6) is 1.74. The molecule has 0 aliphatic carbocycles. The van der Waals surface area contributed by atoms with Crippen molar-refractivity contribution >= 4 is 22.6 Å². The highest BCUT2D eigenvalue weighted by atomic mass is 127. The molecule has 0 amide bonds. The summed E-state index contributed by atoms with van der Waals surface area (Å²) in [6.45, 7) is 1.29. The molecule has 0 radical (unpaired) electrons. The molecule has 0 bridgehead atoms. The Hall–Kier alpha value is -0.490. The smallest absolute Gasteiger partial charge is 0.141 e. The lowest BCUT2D eigenvalue weighted by Gasteiger charge is -2.12. The molecule has 76 valence electrons.